The van der Waals surface area contributed by atoms with Crippen molar-refractivity contribution in [2.75, 3.05) is 43.2 Å². The fourth-order valence-corrected chi connectivity index (χ4v) is 5.71. The van der Waals surface area contributed by atoms with Gasteiger partial charge in [-0.25, -0.2) is 23.0 Å². The van der Waals surface area contributed by atoms with Gasteiger partial charge in [-0.1, -0.05) is 86.6 Å². The van der Waals surface area contributed by atoms with Gasteiger partial charge in [-0.2, -0.15) is 0 Å². The molecule has 0 atom stereocenters. The van der Waals surface area contributed by atoms with Gasteiger partial charge < -0.3 is 15.0 Å². The molecule has 4 N–H and O–H groups in total. The number of hydrazine groups is 1. The molecule has 0 aliphatic rings. The summed E-state index contributed by atoms with van der Waals surface area (Å²) in [6.45, 7) is 6.80. The van der Waals surface area contributed by atoms with E-state index < -0.39 is 22.0 Å². The first kappa shape index (κ1) is 34.7. The number of benzene rings is 4. The first-order valence-corrected chi connectivity index (χ1v) is 17.1. The Balaban J connectivity index is 1.46. The highest BCUT2D eigenvalue weighted by Gasteiger charge is 2.18. The highest BCUT2D eigenvalue weighted by molar-refractivity contribution is 7.90. The highest BCUT2D eigenvalue weighted by atomic mass is 32.2. The molecular weight excluding hydrogens is 616 g/mol. The minimum atomic E-state index is -3.43. The summed E-state index contributed by atoms with van der Waals surface area (Å²) in [6.07, 6.45) is 0.462. The minimum Gasteiger partial charge on any atom is -0.448 e. The third-order valence-electron chi connectivity index (χ3n) is 7.34. The van der Waals surface area contributed by atoms with Gasteiger partial charge >= 0.3 is 12.1 Å². The second-order valence-corrected chi connectivity index (χ2v) is 12.7. The smallest absolute Gasteiger partial charge is 0.412 e. The molecule has 0 spiro atoms. The van der Waals surface area contributed by atoms with Crippen LogP contribution in [0, 0.1) is 5.41 Å². The number of amides is 3. The maximum absolute atomic E-state index is 13.6. The predicted molar refractivity (Wildman–Crippen MR) is 185 cm³/mol. The lowest BCUT2D eigenvalue weighted by Crippen LogP contribution is -2.39. The second-order valence-electron chi connectivity index (χ2n) is 10.7. The van der Waals surface area contributed by atoms with E-state index >= 15 is 0 Å². The molecule has 246 valence electrons. The fourth-order valence-electron chi connectivity index (χ4n) is 4.80. The molecule has 12 heteroatoms. The molecule has 0 radical (unpaired) electrons. The van der Waals surface area contributed by atoms with Gasteiger partial charge in [0, 0.05) is 29.6 Å². The van der Waals surface area contributed by atoms with Crippen molar-refractivity contribution in [2.24, 2.45) is 0 Å². The third-order valence-corrected chi connectivity index (χ3v) is 8.49. The van der Waals surface area contributed by atoms with Gasteiger partial charge in [0.25, 0.3) is 0 Å². The number of sulfone groups is 1. The number of anilines is 2. The molecular formula is C35H40N6O5S. The molecule has 0 heterocycles. The van der Waals surface area contributed by atoms with Crippen LogP contribution in [0.2, 0.25) is 0 Å². The summed E-state index contributed by atoms with van der Waals surface area (Å²) in [4.78, 5) is 28.2. The van der Waals surface area contributed by atoms with Crippen molar-refractivity contribution in [1.29, 1.82) is 5.41 Å². The Morgan fingerprint density at radius 3 is 2.19 bits per heavy atom. The third kappa shape index (κ3) is 10.1. The molecule has 4 rings (SSSR count). The summed E-state index contributed by atoms with van der Waals surface area (Å²) in [5.41, 5.74) is 6.72. The van der Waals surface area contributed by atoms with E-state index in [9.17, 15) is 18.0 Å². The molecule has 0 aromatic heterocycles. The number of nitrogens with zero attached hydrogens (tertiary/aromatic N) is 2. The minimum absolute atomic E-state index is 0.141. The zero-order valence-electron chi connectivity index (χ0n) is 26.7. The molecule has 3 amide bonds. The van der Waals surface area contributed by atoms with Gasteiger partial charge in [-0.15, -0.1) is 0 Å². The number of hydrogen-bond acceptors (Lipinski definition) is 8. The number of alkyl carbamates (subject to hydrolysis) is 1. The van der Waals surface area contributed by atoms with E-state index in [4.69, 9.17) is 10.1 Å². The molecule has 4 aromatic carbocycles. The van der Waals surface area contributed by atoms with E-state index in [1.807, 2.05) is 44.2 Å². The van der Waals surface area contributed by atoms with Crippen LogP contribution in [-0.4, -0.2) is 68.8 Å². The summed E-state index contributed by atoms with van der Waals surface area (Å²) in [5, 5.41) is 15.1. The van der Waals surface area contributed by atoms with Crippen LogP contribution in [0.15, 0.2) is 108 Å². The number of rotatable bonds is 13. The van der Waals surface area contributed by atoms with Crippen LogP contribution in [0.3, 0.4) is 0 Å². The maximum atomic E-state index is 13.6. The van der Waals surface area contributed by atoms with Crippen LogP contribution in [0.4, 0.5) is 21.0 Å². The Kier molecular flexibility index (Phi) is 12.1. The first-order chi connectivity index (χ1) is 22.6. The molecule has 0 unspecified atom stereocenters. The number of amidine groups is 1. The zero-order valence-corrected chi connectivity index (χ0v) is 27.5. The number of hydrogen-bond donors (Lipinski definition) is 4. The van der Waals surface area contributed by atoms with E-state index in [1.165, 1.54) is 11.3 Å². The predicted octanol–water partition coefficient (Wildman–Crippen LogP) is 6.21. The van der Waals surface area contributed by atoms with Crippen LogP contribution in [0.1, 0.15) is 25.0 Å². The highest BCUT2D eigenvalue weighted by Crippen LogP contribution is 2.28. The van der Waals surface area contributed by atoms with Gasteiger partial charge in [-0.05, 0) is 54.5 Å². The van der Waals surface area contributed by atoms with Crippen LogP contribution < -0.4 is 16.1 Å². The van der Waals surface area contributed by atoms with Crippen LogP contribution >= 0.6 is 0 Å². The first-order valence-electron chi connectivity index (χ1n) is 15.2. The average molecular weight is 657 g/mol. The topological polar surface area (TPSA) is 144 Å². The lowest BCUT2D eigenvalue weighted by molar-refractivity contribution is 0.134. The zero-order chi connectivity index (χ0) is 33.8. The van der Waals surface area contributed by atoms with Gasteiger partial charge in [0.15, 0.2) is 9.84 Å². The number of carbonyl (C=O) groups excluding carboxylic acids is 2. The van der Waals surface area contributed by atoms with Gasteiger partial charge in [0.1, 0.15) is 12.4 Å². The van der Waals surface area contributed by atoms with E-state index in [0.717, 1.165) is 18.7 Å². The van der Waals surface area contributed by atoms with Crippen molar-refractivity contribution in [1.82, 2.24) is 15.2 Å². The van der Waals surface area contributed by atoms with E-state index in [1.54, 1.807) is 72.8 Å². The molecule has 0 fully saturated rings. The van der Waals surface area contributed by atoms with Crippen molar-refractivity contribution >= 4 is 39.2 Å². The summed E-state index contributed by atoms with van der Waals surface area (Å²) in [7, 11) is -3.43. The Bertz CT molecular complexity index is 1780. The average Bonchev–Trinajstić information content (AvgIpc) is 3.07. The summed E-state index contributed by atoms with van der Waals surface area (Å²) in [6, 6.07) is 29.5. The van der Waals surface area contributed by atoms with Crippen molar-refractivity contribution in [2.45, 2.75) is 25.3 Å². The number of likely N-dealkylation sites (N-methyl/N-ethyl adjacent to an activating group) is 1. The molecule has 4 aromatic rings. The van der Waals surface area contributed by atoms with Crippen LogP contribution in [0.5, 0.6) is 0 Å². The summed E-state index contributed by atoms with van der Waals surface area (Å²) < 4.78 is 29.8. The number of nitrogens with one attached hydrogen (secondary N) is 4. The van der Waals surface area contributed by atoms with Crippen LogP contribution in [0.25, 0.3) is 11.1 Å². The lowest BCUT2D eigenvalue weighted by atomic mass is 10.1. The van der Waals surface area contributed by atoms with Crippen LogP contribution in [-0.2, 0) is 21.1 Å². The number of ether oxygens (including phenoxy) is 1. The molecule has 0 saturated heterocycles. The summed E-state index contributed by atoms with van der Waals surface area (Å²) in [5.74, 6) is -0.141. The number of carbonyl (C=O) groups is 2. The van der Waals surface area contributed by atoms with Crippen molar-refractivity contribution in [3.8, 4) is 11.1 Å². The fraction of sp³-hybridized carbons (Fsp3) is 0.229. The molecule has 0 aliphatic heterocycles. The second kappa shape index (κ2) is 16.4. The van der Waals surface area contributed by atoms with Crippen molar-refractivity contribution in [3.05, 3.63) is 114 Å². The lowest BCUT2D eigenvalue weighted by Gasteiger charge is -2.25. The molecule has 0 bridgehead atoms. The molecule has 0 aliphatic carbocycles. The largest absolute Gasteiger partial charge is 0.448 e. The SMILES string of the molecule is CCN(CC)CCOC(=O)NC(=N)c1cccc(NN(Cc2ccccc2)C(=O)Nc2ccc(-c3ccccc3S(C)(=O)=O)cc2)c1. The van der Waals surface area contributed by atoms with E-state index in [2.05, 4.69) is 21.0 Å². The monoisotopic (exact) mass is 656 g/mol. The van der Waals surface area contributed by atoms with E-state index in [-0.39, 0.29) is 23.9 Å². The molecule has 0 saturated carbocycles. The van der Waals surface area contributed by atoms with Gasteiger partial charge in [-0.3, -0.25) is 16.2 Å². The Hall–Kier alpha value is -5.20. The van der Waals surface area contributed by atoms with Crippen molar-refractivity contribution < 1.29 is 22.7 Å². The standard InChI is InChI=1S/C35H40N6O5S/c1-4-40(5-2)22-23-46-35(43)38-33(36)28-14-11-15-30(24-28)39-41(25-26-12-7-6-8-13-26)34(42)37-29-20-18-27(19-21-29)31-16-9-10-17-32(31)47(3,44)45/h6-21,24,39H,4-5,22-23,25H2,1-3H3,(H,37,42)(H2,36,38,43). The summed E-state index contributed by atoms with van der Waals surface area (Å²) >= 11 is 0. The van der Waals surface area contributed by atoms with Gasteiger partial charge in [0.2, 0.25) is 0 Å². The Morgan fingerprint density at radius 2 is 1.51 bits per heavy atom. The van der Waals surface area contributed by atoms with Gasteiger partial charge in [0.05, 0.1) is 17.1 Å². The normalized spacial score (nSPS) is 11.1. The van der Waals surface area contributed by atoms with Crippen molar-refractivity contribution in [3.63, 3.8) is 0 Å². The molecule has 47 heavy (non-hydrogen) atoms. The van der Waals surface area contributed by atoms with E-state index in [0.29, 0.717) is 34.6 Å². The Labute approximate surface area is 276 Å². The quantitative estimate of drug-likeness (QED) is 0.0761. The molecule has 11 nitrogen and oxygen atoms in total. The Morgan fingerprint density at radius 1 is 0.830 bits per heavy atom. The number of urea groups is 1. The maximum Gasteiger partial charge on any atom is 0.412 e.